The fourth-order valence-corrected chi connectivity index (χ4v) is 5.60. The first-order valence-corrected chi connectivity index (χ1v) is 11.1. The predicted molar refractivity (Wildman–Crippen MR) is 118 cm³/mol. The van der Waals surface area contributed by atoms with Gasteiger partial charge in [-0.25, -0.2) is 14.7 Å². The number of fused-ring (bicyclic) bond motifs is 4. The number of carbonyl (C=O) groups excluding carboxylic acids is 2. The number of ether oxygens (including phenoxy) is 1. The molecular formula is C25H26N2O6. The Labute approximate surface area is 191 Å². The zero-order valence-electron chi connectivity index (χ0n) is 18.3. The van der Waals surface area contributed by atoms with Gasteiger partial charge in [-0.1, -0.05) is 48.5 Å². The molecule has 2 aromatic carbocycles. The number of amides is 2. The Morgan fingerprint density at radius 2 is 1.70 bits per heavy atom. The second kappa shape index (κ2) is 8.19. The Bertz CT molecular complexity index is 1070. The summed E-state index contributed by atoms with van der Waals surface area (Å²) in [4.78, 5) is 41.0. The maximum absolute atomic E-state index is 12.8. The Kier molecular flexibility index (Phi) is 5.32. The van der Waals surface area contributed by atoms with E-state index in [1.54, 1.807) is 0 Å². The first kappa shape index (κ1) is 21.5. The number of carbonyl (C=O) groups is 3. The Balaban J connectivity index is 1.17. The van der Waals surface area contributed by atoms with Crippen molar-refractivity contribution in [3.8, 4) is 11.1 Å². The van der Waals surface area contributed by atoms with Gasteiger partial charge in [0, 0.05) is 19.0 Å². The quantitative estimate of drug-likeness (QED) is 0.628. The number of rotatable bonds is 7. The van der Waals surface area contributed by atoms with E-state index in [0.717, 1.165) is 22.6 Å². The highest BCUT2D eigenvalue weighted by Gasteiger charge is 2.66. The van der Waals surface area contributed by atoms with Crippen molar-refractivity contribution in [3.63, 3.8) is 0 Å². The average molecular weight is 450 g/mol. The molecule has 3 atom stereocenters. The normalized spacial score (nSPS) is 24.4. The van der Waals surface area contributed by atoms with E-state index >= 15 is 0 Å². The molecular weight excluding hydrogens is 424 g/mol. The van der Waals surface area contributed by atoms with E-state index in [9.17, 15) is 14.4 Å². The topological polar surface area (TPSA) is 105 Å². The van der Waals surface area contributed by atoms with Gasteiger partial charge in [-0.05, 0) is 47.4 Å². The number of hydrogen-bond donors (Lipinski definition) is 2. The third-order valence-corrected chi connectivity index (χ3v) is 7.17. The van der Waals surface area contributed by atoms with Crippen molar-refractivity contribution in [2.45, 2.75) is 31.2 Å². The van der Waals surface area contributed by atoms with E-state index in [4.69, 9.17) is 14.7 Å². The molecule has 8 heteroatoms. The van der Waals surface area contributed by atoms with Gasteiger partial charge in [0.25, 0.3) is 5.91 Å². The van der Waals surface area contributed by atoms with Crippen molar-refractivity contribution in [1.29, 1.82) is 0 Å². The maximum Gasteiger partial charge on any atom is 0.407 e. The third kappa shape index (κ3) is 3.84. The van der Waals surface area contributed by atoms with Crippen LogP contribution in [0.5, 0.6) is 0 Å². The van der Waals surface area contributed by atoms with Crippen molar-refractivity contribution in [2.75, 3.05) is 20.3 Å². The smallest absolute Gasteiger partial charge is 0.407 e. The van der Waals surface area contributed by atoms with Gasteiger partial charge < -0.3 is 15.2 Å². The molecule has 0 heterocycles. The minimum atomic E-state index is -1.14. The summed E-state index contributed by atoms with van der Waals surface area (Å²) in [6.45, 7) is -0.323. The summed E-state index contributed by atoms with van der Waals surface area (Å²) in [7, 11) is 1.43. The minimum Gasteiger partial charge on any atom is -0.479 e. The van der Waals surface area contributed by atoms with E-state index in [-0.39, 0.29) is 30.4 Å². The van der Waals surface area contributed by atoms with Gasteiger partial charge in [-0.15, -0.1) is 0 Å². The fraction of sp³-hybridized carbons (Fsp3) is 0.400. The molecule has 0 spiro atoms. The van der Waals surface area contributed by atoms with Gasteiger partial charge in [0.2, 0.25) is 0 Å². The van der Waals surface area contributed by atoms with Gasteiger partial charge in [0.05, 0.1) is 5.41 Å². The summed E-state index contributed by atoms with van der Waals surface area (Å²) in [6, 6.07) is 16.2. The van der Waals surface area contributed by atoms with Crippen LogP contribution < -0.4 is 5.32 Å². The van der Waals surface area contributed by atoms with Crippen molar-refractivity contribution in [2.24, 2.45) is 11.3 Å². The number of carboxylic acid groups (broad SMARTS) is 1. The zero-order valence-corrected chi connectivity index (χ0v) is 18.3. The summed E-state index contributed by atoms with van der Waals surface area (Å²) in [5.74, 6) is -1.21. The minimum absolute atomic E-state index is 0.00640. The lowest BCUT2D eigenvalue weighted by molar-refractivity contribution is -0.190. The number of hydrogen-bond acceptors (Lipinski definition) is 5. The molecule has 0 unspecified atom stereocenters. The van der Waals surface area contributed by atoms with Crippen LogP contribution in [0.2, 0.25) is 0 Å². The molecule has 3 aliphatic rings. The summed E-state index contributed by atoms with van der Waals surface area (Å²) in [6.07, 6.45) is 1.45. The first-order chi connectivity index (χ1) is 15.9. The number of nitrogens with zero attached hydrogens (tertiary/aromatic N) is 1. The molecule has 0 saturated heterocycles. The summed E-state index contributed by atoms with van der Waals surface area (Å²) in [5.41, 5.74) is 4.08. The van der Waals surface area contributed by atoms with Crippen LogP contribution >= 0.6 is 0 Å². The summed E-state index contributed by atoms with van der Waals surface area (Å²) < 4.78 is 5.62. The first-order valence-electron chi connectivity index (χ1n) is 11.1. The monoisotopic (exact) mass is 450 g/mol. The standard InChI is InChI=1S/C25H26N2O6/c1-27(33-14-22(28)29)23(30)25-11-15(25)10-16(12-25)26-24(31)32-13-21-19-8-4-2-6-17(19)18-7-3-5-9-20(18)21/h2-9,15-16,21H,10-14H2,1H3,(H,26,31)(H,28,29)/t15-,16+,25+/m0/s1. The Morgan fingerprint density at radius 1 is 1.06 bits per heavy atom. The molecule has 0 aliphatic heterocycles. The number of benzene rings is 2. The number of nitrogens with one attached hydrogen (secondary N) is 1. The van der Waals surface area contributed by atoms with Gasteiger partial charge in [0.15, 0.2) is 6.61 Å². The van der Waals surface area contributed by atoms with Crippen LogP contribution in [0.3, 0.4) is 0 Å². The van der Waals surface area contributed by atoms with Crippen molar-refractivity contribution < 1.29 is 29.1 Å². The average Bonchev–Trinajstić information content (AvgIpc) is 3.23. The summed E-state index contributed by atoms with van der Waals surface area (Å²) >= 11 is 0. The molecule has 0 aromatic heterocycles. The van der Waals surface area contributed by atoms with Gasteiger partial charge in [-0.2, -0.15) is 0 Å². The highest BCUT2D eigenvalue weighted by atomic mass is 16.7. The molecule has 2 amide bonds. The third-order valence-electron chi connectivity index (χ3n) is 7.17. The fourth-order valence-electron chi connectivity index (χ4n) is 5.60. The van der Waals surface area contributed by atoms with Crippen molar-refractivity contribution in [1.82, 2.24) is 10.4 Å². The van der Waals surface area contributed by atoms with Gasteiger partial charge in [-0.3, -0.25) is 9.63 Å². The molecule has 2 aromatic rings. The second-order valence-electron chi connectivity index (χ2n) is 9.13. The summed E-state index contributed by atoms with van der Waals surface area (Å²) in [5, 5.41) is 12.7. The molecule has 8 nitrogen and oxygen atoms in total. The highest BCUT2D eigenvalue weighted by Crippen LogP contribution is 2.64. The Hall–Kier alpha value is -3.39. The molecule has 0 radical (unpaired) electrons. The van der Waals surface area contributed by atoms with Crippen LogP contribution in [0.25, 0.3) is 11.1 Å². The maximum atomic E-state index is 12.8. The molecule has 172 valence electrons. The van der Waals surface area contributed by atoms with E-state index in [0.29, 0.717) is 12.8 Å². The molecule has 3 aliphatic carbocycles. The number of hydroxylamine groups is 2. The van der Waals surface area contributed by atoms with Gasteiger partial charge >= 0.3 is 12.1 Å². The molecule has 2 fully saturated rings. The SMILES string of the molecule is CN(OCC(=O)O)C(=O)[C@]12C[C@H](NC(=O)OCC3c4ccccc4-c4ccccc43)C[C@H]1C2. The molecule has 0 bridgehead atoms. The predicted octanol–water partition coefficient (Wildman–Crippen LogP) is 3.17. The van der Waals surface area contributed by atoms with Crippen molar-refractivity contribution in [3.05, 3.63) is 59.7 Å². The van der Waals surface area contributed by atoms with Crippen LogP contribution in [0.15, 0.2) is 48.5 Å². The molecule has 2 N–H and O–H groups in total. The largest absolute Gasteiger partial charge is 0.479 e. The number of alkyl carbamates (subject to hydrolysis) is 1. The van der Waals surface area contributed by atoms with E-state index in [1.165, 1.54) is 18.2 Å². The van der Waals surface area contributed by atoms with Gasteiger partial charge in [0.1, 0.15) is 6.61 Å². The molecule has 33 heavy (non-hydrogen) atoms. The van der Waals surface area contributed by atoms with Crippen molar-refractivity contribution >= 4 is 18.0 Å². The number of carboxylic acids is 1. The number of aliphatic carboxylic acids is 1. The lowest BCUT2D eigenvalue weighted by Crippen LogP contribution is -2.39. The van der Waals surface area contributed by atoms with E-state index in [1.807, 2.05) is 24.3 Å². The van der Waals surface area contributed by atoms with E-state index < -0.39 is 24.1 Å². The lowest BCUT2D eigenvalue weighted by atomic mass is 9.98. The van der Waals surface area contributed by atoms with Crippen LogP contribution in [0, 0.1) is 11.3 Å². The lowest BCUT2D eigenvalue weighted by Gasteiger charge is -2.22. The van der Waals surface area contributed by atoms with Crippen LogP contribution in [-0.2, 0) is 19.2 Å². The van der Waals surface area contributed by atoms with Crippen LogP contribution in [0.4, 0.5) is 4.79 Å². The highest BCUT2D eigenvalue weighted by molar-refractivity contribution is 5.86. The molecule has 2 saturated carbocycles. The van der Waals surface area contributed by atoms with E-state index in [2.05, 4.69) is 29.6 Å². The zero-order chi connectivity index (χ0) is 23.2. The molecule has 5 rings (SSSR count). The second-order valence-corrected chi connectivity index (χ2v) is 9.13. The Morgan fingerprint density at radius 3 is 2.33 bits per heavy atom. The van der Waals surface area contributed by atoms with Crippen LogP contribution in [-0.4, -0.2) is 54.4 Å². The van der Waals surface area contributed by atoms with Crippen LogP contribution in [0.1, 0.15) is 36.3 Å².